The van der Waals surface area contributed by atoms with Crippen LogP contribution in [0.15, 0.2) is 30.7 Å². The molecule has 6 nitrogen and oxygen atoms in total. The molecule has 1 atom stereocenters. The first-order valence-corrected chi connectivity index (χ1v) is 8.50. The lowest BCUT2D eigenvalue weighted by Gasteiger charge is -2.33. The summed E-state index contributed by atoms with van der Waals surface area (Å²) in [5.41, 5.74) is 2.93. The Bertz CT molecular complexity index is 724. The monoisotopic (exact) mass is 326 g/mol. The number of ether oxygens (including phenoxy) is 1. The number of hydrogen-bond donors (Lipinski definition) is 0. The number of pyridine rings is 1. The number of aryl methyl sites for hydroxylation is 1. The molecule has 4 rings (SSSR count). The van der Waals surface area contributed by atoms with Crippen LogP contribution >= 0.6 is 0 Å². The van der Waals surface area contributed by atoms with Gasteiger partial charge in [-0.1, -0.05) is 0 Å². The van der Waals surface area contributed by atoms with E-state index in [0.29, 0.717) is 25.3 Å². The summed E-state index contributed by atoms with van der Waals surface area (Å²) in [5, 5.41) is 4.38. The molecule has 1 aliphatic carbocycles. The maximum atomic E-state index is 12.8. The summed E-state index contributed by atoms with van der Waals surface area (Å²) in [6.45, 7) is 2.72. The summed E-state index contributed by atoms with van der Waals surface area (Å²) < 4.78 is 7.84. The van der Waals surface area contributed by atoms with Gasteiger partial charge in [-0.15, -0.1) is 0 Å². The van der Waals surface area contributed by atoms with Crippen molar-refractivity contribution in [3.8, 4) is 0 Å². The van der Waals surface area contributed by atoms with Crippen molar-refractivity contribution in [2.24, 2.45) is 13.0 Å². The Morgan fingerprint density at radius 2 is 2.21 bits per heavy atom. The minimum Gasteiger partial charge on any atom is -0.380 e. The molecule has 3 heterocycles. The molecule has 2 aliphatic rings. The van der Waals surface area contributed by atoms with Gasteiger partial charge in [0.05, 0.1) is 24.1 Å². The van der Waals surface area contributed by atoms with Crippen molar-refractivity contribution in [3.63, 3.8) is 0 Å². The molecule has 1 saturated carbocycles. The molecular weight excluding hydrogens is 304 g/mol. The second kappa shape index (κ2) is 6.36. The molecule has 0 saturated heterocycles. The zero-order valence-electron chi connectivity index (χ0n) is 13.9. The van der Waals surface area contributed by atoms with Crippen LogP contribution in [-0.2, 0) is 18.3 Å². The van der Waals surface area contributed by atoms with Crippen LogP contribution in [0.3, 0.4) is 0 Å². The second-order valence-corrected chi connectivity index (χ2v) is 6.78. The van der Waals surface area contributed by atoms with Gasteiger partial charge in [0.25, 0.3) is 5.91 Å². The van der Waals surface area contributed by atoms with Crippen LogP contribution in [-0.4, -0.2) is 45.3 Å². The Morgan fingerprint density at radius 1 is 1.33 bits per heavy atom. The SMILES string of the molecule is Cn1ncc2c1C(COCC1CC1)CN(C(=O)c1cccnc1)C2. The third-order valence-corrected chi connectivity index (χ3v) is 4.82. The standard InChI is InChI=1S/C18H22N4O2/c1-21-17-15(8-20-21)9-22(18(23)14-3-2-6-19-7-14)10-16(17)12-24-11-13-4-5-13/h2-3,6-8,13,16H,4-5,9-12H2,1H3. The molecule has 0 radical (unpaired) electrons. The van der Waals surface area contributed by atoms with Crippen molar-refractivity contribution in [3.05, 3.63) is 47.5 Å². The first kappa shape index (κ1) is 15.3. The summed E-state index contributed by atoms with van der Waals surface area (Å²) in [4.78, 5) is 18.7. The maximum Gasteiger partial charge on any atom is 0.255 e. The van der Waals surface area contributed by atoms with E-state index in [-0.39, 0.29) is 11.8 Å². The minimum absolute atomic E-state index is 0.0183. The molecule has 0 bridgehead atoms. The molecule has 2 aromatic heterocycles. The summed E-state index contributed by atoms with van der Waals surface area (Å²) in [6, 6.07) is 3.61. The fraction of sp³-hybridized carbons (Fsp3) is 0.500. The Morgan fingerprint density at radius 3 is 2.96 bits per heavy atom. The molecule has 1 amide bonds. The van der Waals surface area contributed by atoms with Gasteiger partial charge in [-0.05, 0) is 30.9 Å². The first-order valence-electron chi connectivity index (χ1n) is 8.50. The molecule has 1 fully saturated rings. The van der Waals surface area contributed by atoms with Crippen LogP contribution < -0.4 is 0 Å². The summed E-state index contributed by atoms with van der Waals surface area (Å²) >= 11 is 0. The zero-order chi connectivity index (χ0) is 16.5. The summed E-state index contributed by atoms with van der Waals surface area (Å²) in [5.74, 6) is 0.929. The Labute approximate surface area is 141 Å². The smallest absolute Gasteiger partial charge is 0.255 e. The van der Waals surface area contributed by atoms with E-state index in [1.165, 1.54) is 18.5 Å². The maximum absolute atomic E-state index is 12.8. The van der Waals surface area contributed by atoms with Crippen LogP contribution in [0, 0.1) is 5.92 Å². The van der Waals surface area contributed by atoms with Crippen LogP contribution in [0.25, 0.3) is 0 Å². The highest BCUT2D eigenvalue weighted by molar-refractivity contribution is 5.94. The third-order valence-electron chi connectivity index (χ3n) is 4.82. The van der Waals surface area contributed by atoms with Gasteiger partial charge in [0, 0.05) is 50.6 Å². The minimum atomic E-state index is 0.0183. The van der Waals surface area contributed by atoms with Gasteiger partial charge >= 0.3 is 0 Å². The molecule has 126 valence electrons. The highest BCUT2D eigenvalue weighted by atomic mass is 16.5. The fourth-order valence-corrected chi connectivity index (χ4v) is 3.38. The molecule has 0 N–H and O–H groups in total. The lowest BCUT2D eigenvalue weighted by atomic mass is 9.96. The zero-order valence-corrected chi connectivity index (χ0v) is 13.9. The van der Waals surface area contributed by atoms with Gasteiger partial charge in [0.15, 0.2) is 0 Å². The van der Waals surface area contributed by atoms with E-state index in [2.05, 4.69) is 10.1 Å². The van der Waals surface area contributed by atoms with Crippen molar-refractivity contribution >= 4 is 5.91 Å². The number of aromatic nitrogens is 3. The van der Waals surface area contributed by atoms with Gasteiger partial charge < -0.3 is 9.64 Å². The third kappa shape index (κ3) is 3.06. The van der Waals surface area contributed by atoms with Crippen molar-refractivity contribution in [2.75, 3.05) is 19.8 Å². The van der Waals surface area contributed by atoms with E-state index in [1.807, 2.05) is 28.9 Å². The van der Waals surface area contributed by atoms with Crippen molar-refractivity contribution in [1.29, 1.82) is 0 Å². The number of hydrogen-bond acceptors (Lipinski definition) is 4. The van der Waals surface area contributed by atoms with Gasteiger partial charge in [-0.2, -0.15) is 5.10 Å². The number of carbonyl (C=O) groups is 1. The lowest BCUT2D eigenvalue weighted by molar-refractivity contribution is 0.0621. The predicted molar refractivity (Wildman–Crippen MR) is 88.5 cm³/mol. The molecule has 24 heavy (non-hydrogen) atoms. The van der Waals surface area contributed by atoms with Crippen LogP contribution in [0.2, 0.25) is 0 Å². The predicted octanol–water partition coefficient (Wildman–Crippen LogP) is 1.98. The van der Waals surface area contributed by atoms with Crippen LogP contribution in [0.5, 0.6) is 0 Å². The Balaban J connectivity index is 1.52. The summed E-state index contributed by atoms with van der Waals surface area (Å²) in [7, 11) is 1.96. The Hall–Kier alpha value is -2.21. The van der Waals surface area contributed by atoms with Crippen LogP contribution in [0.4, 0.5) is 0 Å². The van der Waals surface area contributed by atoms with Crippen molar-refractivity contribution in [1.82, 2.24) is 19.7 Å². The van der Waals surface area contributed by atoms with E-state index >= 15 is 0 Å². The number of rotatable bonds is 5. The Kier molecular flexibility index (Phi) is 4.06. The van der Waals surface area contributed by atoms with Gasteiger partial charge in [-0.3, -0.25) is 14.5 Å². The summed E-state index contributed by atoms with van der Waals surface area (Å²) in [6.07, 6.45) is 7.74. The average molecular weight is 326 g/mol. The van der Waals surface area contributed by atoms with E-state index < -0.39 is 0 Å². The molecule has 2 aromatic rings. The number of amides is 1. The first-order chi connectivity index (χ1) is 11.7. The lowest BCUT2D eigenvalue weighted by Crippen LogP contribution is -2.40. The molecular formula is C18H22N4O2. The molecule has 1 unspecified atom stereocenters. The fourth-order valence-electron chi connectivity index (χ4n) is 3.38. The molecule has 1 aliphatic heterocycles. The molecule has 6 heteroatoms. The quantitative estimate of drug-likeness (QED) is 0.843. The molecule has 0 aromatic carbocycles. The van der Waals surface area contributed by atoms with Crippen molar-refractivity contribution < 1.29 is 9.53 Å². The van der Waals surface area contributed by atoms with Gasteiger partial charge in [0.1, 0.15) is 0 Å². The van der Waals surface area contributed by atoms with E-state index in [1.54, 1.807) is 18.5 Å². The average Bonchev–Trinajstić information content (AvgIpc) is 3.36. The van der Waals surface area contributed by atoms with Gasteiger partial charge in [0.2, 0.25) is 0 Å². The second-order valence-electron chi connectivity index (χ2n) is 6.78. The number of nitrogens with zero attached hydrogens (tertiary/aromatic N) is 4. The largest absolute Gasteiger partial charge is 0.380 e. The van der Waals surface area contributed by atoms with Gasteiger partial charge in [-0.25, -0.2) is 0 Å². The highest BCUT2D eigenvalue weighted by Crippen LogP contribution is 2.32. The van der Waals surface area contributed by atoms with E-state index in [4.69, 9.17) is 4.74 Å². The van der Waals surface area contributed by atoms with E-state index in [9.17, 15) is 4.79 Å². The normalized spacial score (nSPS) is 20.0. The van der Waals surface area contributed by atoms with Crippen LogP contribution in [0.1, 0.15) is 40.4 Å². The number of fused-ring (bicyclic) bond motifs is 1. The topological polar surface area (TPSA) is 60.2 Å². The molecule has 0 spiro atoms. The highest BCUT2D eigenvalue weighted by Gasteiger charge is 2.32. The van der Waals surface area contributed by atoms with E-state index in [0.717, 1.165) is 18.1 Å². The number of carbonyl (C=O) groups excluding carboxylic acids is 1. The van der Waals surface area contributed by atoms with Crippen molar-refractivity contribution in [2.45, 2.75) is 25.3 Å².